The van der Waals surface area contributed by atoms with Gasteiger partial charge in [-0.25, -0.2) is 0 Å². The Morgan fingerprint density at radius 3 is 2.62 bits per heavy atom. The number of rotatable bonds is 5. The highest BCUT2D eigenvalue weighted by molar-refractivity contribution is 14.0. The molecule has 1 unspecified atom stereocenters. The molecule has 162 valence electrons. The Morgan fingerprint density at radius 1 is 1.21 bits per heavy atom. The summed E-state index contributed by atoms with van der Waals surface area (Å²) in [6, 6.07) is 8.70. The first-order chi connectivity index (χ1) is 13.5. The third-order valence-corrected chi connectivity index (χ3v) is 6.05. The second kappa shape index (κ2) is 11.7. The predicted molar refractivity (Wildman–Crippen MR) is 129 cm³/mol. The molecule has 2 fully saturated rings. The monoisotopic (exact) mass is 513 g/mol. The third-order valence-electron chi connectivity index (χ3n) is 6.05. The molecule has 0 bridgehead atoms. The van der Waals surface area contributed by atoms with Crippen LogP contribution >= 0.6 is 24.0 Å². The lowest BCUT2D eigenvalue weighted by Gasteiger charge is -2.33. The van der Waals surface area contributed by atoms with Crippen molar-refractivity contribution in [1.29, 1.82) is 0 Å². The first-order valence-electron chi connectivity index (χ1n) is 10.6. The van der Waals surface area contributed by atoms with Crippen LogP contribution in [0.4, 0.5) is 0 Å². The van der Waals surface area contributed by atoms with Crippen LogP contribution in [0.25, 0.3) is 0 Å². The molecule has 2 saturated heterocycles. The molecule has 1 atom stereocenters. The summed E-state index contributed by atoms with van der Waals surface area (Å²) in [6.07, 6.45) is 4.43. The molecule has 2 aliphatic rings. The number of piperidine rings is 2. The molecule has 7 heteroatoms. The highest BCUT2D eigenvalue weighted by Gasteiger charge is 2.24. The van der Waals surface area contributed by atoms with Crippen LogP contribution in [0.5, 0.6) is 0 Å². The fourth-order valence-electron chi connectivity index (χ4n) is 4.26. The molecule has 6 nitrogen and oxygen atoms in total. The summed E-state index contributed by atoms with van der Waals surface area (Å²) in [5.74, 6) is 1.64. The number of halogens is 1. The van der Waals surface area contributed by atoms with Crippen molar-refractivity contribution >= 4 is 35.8 Å². The zero-order chi connectivity index (χ0) is 19.9. The summed E-state index contributed by atoms with van der Waals surface area (Å²) in [7, 11) is 1.86. The topological polar surface area (TPSA) is 74.0 Å². The Balaban J connectivity index is 0.00000300. The van der Waals surface area contributed by atoms with Gasteiger partial charge >= 0.3 is 0 Å². The lowest BCUT2D eigenvalue weighted by atomic mass is 9.97. The Morgan fingerprint density at radius 2 is 1.93 bits per heavy atom. The van der Waals surface area contributed by atoms with E-state index in [1.165, 1.54) is 24.0 Å². The van der Waals surface area contributed by atoms with E-state index in [-0.39, 0.29) is 35.8 Å². The Bertz CT molecular complexity index is 688. The smallest absolute Gasteiger partial charge is 0.221 e. The maximum Gasteiger partial charge on any atom is 0.221 e. The summed E-state index contributed by atoms with van der Waals surface area (Å²) < 4.78 is 0. The number of nitrogens with two attached hydrogens (primary N) is 1. The van der Waals surface area contributed by atoms with E-state index in [2.05, 4.69) is 51.3 Å². The van der Waals surface area contributed by atoms with E-state index in [0.29, 0.717) is 0 Å². The van der Waals surface area contributed by atoms with Crippen LogP contribution < -0.4 is 11.1 Å². The van der Waals surface area contributed by atoms with Gasteiger partial charge in [0, 0.05) is 39.8 Å². The maximum atomic E-state index is 11.5. The minimum absolute atomic E-state index is 0. The molecule has 0 radical (unpaired) electrons. The molecule has 1 amide bonds. The minimum Gasteiger partial charge on any atom is -0.369 e. The summed E-state index contributed by atoms with van der Waals surface area (Å²) in [4.78, 5) is 20.7. The summed E-state index contributed by atoms with van der Waals surface area (Å²) in [5.41, 5.74) is 8.05. The number of carbonyl (C=O) groups is 1. The normalized spacial score (nSPS) is 21.5. The SMILES string of the molecule is CN=C(NCc1cccc(CN2CCCC(C(N)=O)C2)c1)N1CCC(C)CC1.I. The third kappa shape index (κ3) is 7.13. The number of primary amides is 1. The van der Waals surface area contributed by atoms with E-state index < -0.39 is 0 Å². The van der Waals surface area contributed by atoms with E-state index in [4.69, 9.17) is 5.73 Å². The largest absolute Gasteiger partial charge is 0.369 e. The van der Waals surface area contributed by atoms with Gasteiger partial charge < -0.3 is 16.0 Å². The van der Waals surface area contributed by atoms with Crippen molar-refractivity contribution in [2.24, 2.45) is 22.6 Å². The first kappa shape index (κ1) is 23.9. The number of likely N-dealkylation sites (tertiary alicyclic amines) is 2. The Labute approximate surface area is 192 Å². The number of hydrogen-bond acceptors (Lipinski definition) is 3. The fourth-order valence-corrected chi connectivity index (χ4v) is 4.26. The van der Waals surface area contributed by atoms with E-state index in [1.54, 1.807) is 0 Å². The molecule has 1 aromatic carbocycles. The molecule has 0 saturated carbocycles. The van der Waals surface area contributed by atoms with Crippen molar-refractivity contribution in [3.63, 3.8) is 0 Å². The van der Waals surface area contributed by atoms with Gasteiger partial charge in [-0.05, 0) is 49.3 Å². The Hall–Kier alpha value is -1.35. The van der Waals surface area contributed by atoms with Crippen LogP contribution in [0, 0.1) is 11.8 Å². The van der Waals surface area contributed by atoms with Crippen molar-refractivity contribution in [1.82, 2.24) is 15.1 Å². The van der Waals surface area contributed by atoms with Gasteiger partial charge in [-0.15, -0.1) is 24.0 Å². The van der Waals surface area contributed by atoms with Gasteiger partial charge in [-0.2, -0.15) is 0 Å². The number of carbonyl (C=O) groups excluding carboxylic acids is 1. The van der Waals surface area contributed by atoms with Gasteiger partial charge in [0.05, 0.1) is 5.92 Å². The summed E-state index contributed by atoms with van der Waals surface area (Å²) in [6.45, 7) is 7.94. The highest BCUT2D eigenvalue weighted by Crippen LogP contribution is 2.19. The van der Waals surface area contributed by atoms with E-state index >= 15 is 0 Å². The molecule has 29 heavy (non-hydrogen) atoms. The zero-order valence-electron chi connectivity index (χ0n) is 17.8. The van der Waals surface area contributed by atoms with Crippen LogP contribution in [0.1, 0.15) is 43.7 Å². The molecule has 3 rings (SSSR count). The molecular formula is C22H36IN5O. The van der Waals surface area contributed by atoms with E-state index in [9.17, 15) is 4.79 Å². The van der Waals surface area contributed by atoms with Crippen LogP contribution in [0.3, 0.4) is 0 Å². The number of amides is 1. The summed E-state index contributed by atoms with van der Waals surface area (Å²) >= 11 is 0. The van der Waals surface area contributed by atoms with Crippen molar-refractivity contribution in [3.8, 4) is 0 Å². The van der Waals surface area contributed by atoms with Crippen molar-refractivity contribution in [2.75, 3.05) is 33.2 Å². The van der Waals surface area contributed by atoms with Crippen molar-refractivity contribution in [2.45, 2.75) is 45.7 Å². The number of nitrogens with zero attached hydrogens (tertiary/aromatic N) is 3. The molecule has 3 N–H and O–H groups in total. The molecular weight excluding hydrogens is 477 g/mol. The van der Waals surface area contributed by atoms with Crippen LogP contribution in [0.2, 0.25) is 0 Å². The van der Waals surface area contributed by atoms with Gasteiger partial charge in [0.15, 0.2) is 5.96 Å². The van der Waals surface area contributed by atoms with Gasteiger partial charge in [-0.3, -0.25) is 14.7 Å². The number of hydrogen-bond donors (Lipinski definition) is 2. The van der Waals surface area contributed by atoms with E-state index in [1.807, 2.05) is 7.05 Å². The average Bonchev–Trinajstić information content (AvgIpc) is 2.70. The lowest BCUT2D eigenvalue weighted by molar-refractivity contribution is -0.123. The zero-order valence-corrected chi connectivity index (χ0v) is 20.1. The molecule has 0 aliphatic carbocycles. The lowest BCUT2D eigenvalue weighted by Crippen LogP contribution is -2.45. The van der Waals surface area contributed by atoms with Crippen LogP contribution in [0.15, 0.2) is 29.3 Å². The first-order valence-corrected chi connectivity index (χ1v) is 10.6. The standard InChI is InChI=1S/C22H35N5O.HI/c1-17-8-11-27(12-9-17)22(24-2)25-14-18-5-3-6-19(13-18)15-26-10-4-7-20(16-26)21(23)28;/h3,5-6,13,17,20H,4,7-12,14-16H2,1-2H3,(H2,23,28)(H,24,25);1H. The number of guanidine groups is 1. The minimum atomic E-state index is -0.166. The Kier molecular flexibility index (Phi) is 9.68. The van der Waals surface area contributed by atoms with Crippen molar-refractivity contribution in [3.05, 3.63) is 35.4 Å². The maximum absolute atomic E-state index is 11.5. The fraction of sp³-hybridized carbons (Fsp3) is 0.636. The average molecular weight is 513 g/mol. The molecule has 2 heterocycles. The van der Waals surface area contributed by atoms with Crippen LogP contribution in [-0.2, 0) is 17.9 Å². The number of aliphatic imine (C=N–C) groups is 1. The van der Waals surface area contributed by atoms with Gasteiger partial charge in [-0.1, -0.05) is 31.2 Å². The summed E-state index contributed by atoms with van der Waals surface area (Å²) in [5, 5.41) is 3.52. The quantitative estimate of drug-likeness (QED) is 0.361. The van der Waals surface area contributed by atoms with Gasteiger partial charge in [0.2, 0.25) is 5.91 Å². The van der Waals surface area contributed by atoms with Gasteiger partial charge in [0.25, 0.3) is 0 Å². The molecule has 2 aliphatic heterocycles. The molecule has 1 aromatic rings. The van der Waals surface area contributed by atoms with E-state index in [0.717, 1.165) is 64.0 Å². The van der Waals surface area contributed by atoms with Crippen LogP contribution in [-0.4, -0.2) is 54.9 Å². The van der Waals surface area contributed by atoms with Crippen molar-refractivity contribution < 1.29 is 4.79 Å². The van der Waals surface area contributed by atoms with Gasteiger partial charge in [0.1, 0.15) is 0 Å². The molecule has 0 spiro atoms. The highest BCUT2D eigenvalue weighted by atomic mass is 127. The number of benzene rings is 1. The number of nitrogens with one attached hydrogen (secondary N) is 1. The molecule has 0 aromatic heterocycles. The second-order valence-electron chi connectivity index (χ2n) is 8.37. The predicted octanol–water partition coefficient (Wildman–Crippen LogP) is 2.81. The second-order valence-corrected chi connectivity index (χ2v) is 8.37.